The molecule has 6 heterocycles. The summed E-state index contributed by atoms with van der Waals surface area (Å²) in [6, 6.07) is 1.77. The van der Waals surface area contributed by atoms with Gasteiger partial charge in [-0.05, 0) is 24.3 Å². The Morgan fingerprint density at radius 3 is 2.82 bits per heavy atom. The normalized spacial score (nSPS) is 28.9. The van der Waals surface area contributed by atoms with Crippen LogP contribution in [0.5, 0.6) is 0 Å². The second kappa shape index (κ2) is 9.87. The highest BCUT2D eigenvalue weighted by Gasteiger charge is 2.47. The minimum Gasteiger partial charge on any atom is -0.394 e. The molecule has 0 aromatic carbocycles. The van der Waals surface area contributed by atoms with E-state index in [-0.39, 0.29) is 43.2 Å². The number of nitrogen functional groups attached to an aromatic ring is 2. The Balaban J connectivity index is 1.20. The summed E-state index contributed by atoms with van der Waals surface area (Å²) in [6.45, 7) is -4.14. The third-order valence-corrected chi connectivity index (χ3v) is 9.94. The van der Waals surface area contributed by atoms with Crippen molar-refractivity contribution in [3.63, 3.8) is 0 Å². The van der Waals surface area contributed by atoms with E-state index in [2.05, 4.69) is 24.9 Å². The largest absolute Gasteiger partial charge is 0.394 e. The van der Waals surface area contributed by atoms with Gasteiger partial charge in [0.05, 0.1) is 42.8 Å². The van der Waals surface area contributed by atoms with E-state index in [1.165, 1.54) is 17.2 Å². The van der Waals surface area contributed by atoms with Crippen molar-refractivity contribution in [2.24, 2.45) is 0 Å². The maximum absolute atomic E-state index is 12.2. The first kappa shape index (κ1) is 26.2. The lowest BCUT2D eigenvalue weighted by atomic mass is 10.2. The summed E-state index contributed by atoms with van der Waals surface area (Å²) in [5.41, 5.74) is 11.1. The fraction of sp³-hybridized carbons (Fsp3) is 0.476. The van der Waals surface area contributed by atoms with E-state index in [4.69, 9.17) is 37.3 Å². The van der Waals surface area contributed by atoms with E-state index in [1.54, 1.807) is 16.8 Å². The van der Waals surface area contributed by atoms with Gasteiger partial charge < -0.3 is 45.1 Å². The van der Waals surface area contributed by atoms with E-state index in [9.17, 15) is 19.9 Å². The molecule has 7 atom stereocenters. The van der Waals surface area contributed by atoms with E-state index < -0.39 is 48.5 Å². The smallest absolute Gasteiger partial charge is 0.280 e. The van der Waals surface area contributed by atoms with Gasteiger partial charge in [0.25, 0.3) is 5.56 Å². The van der Waals surface area contributed by atoms with Crippen LogP contribution in [-0.2, 0) is 25.8 Å². The minimum atomic E-state index is -3.63. The number of H-pyrrole nitrogens is 1. The molecule has 18 heteroatoms. The molecule has 8 N–H and O–H groups in total. The number of aromatic amines is 1. The maximum Gasteiger partial charge on any atom is 0.280 e. The van der Waals surface area contributed by atoms with Crippen LogP contribution in [0.4, 0.5) is 11.8 Å². The van der Waals surface area contributed by atoms with Crippen molar-refractivity contribution >= 4 is 52.3 Å². The third kappa shape index (κ3) is 4.60. The molecule has 3 unspecified atom stereocenters. The van der Waals surface area contributed by atoms with Crippen LogP contribution in [0.25, 0.3) is 22.2 Å². The molecule has 0 amide bonds. The fourth-order valence-electron chi connectivity index (χ4n) is 5.06. The van der Waals surface area contributed by atoms with Crippen molar-refractivity contribution in [3.05, 3.63) is 35.3 Å². The zero-order chi connectivity index (χ0) is 27.5. The number of nitrogens with zero attached hydrogens (tertiary/aromatic N) is 6. The van der Waals surface area contributed by atoms with Gasteiger partial charge in [-0.3, -0.25) is 14.3 Å². The number of fused-ring (bicyclic) bond motifs is 2. The highest BCUT2D eigenvalue weighted by atomic mass is 32.5. The molecule has 4 aromatic heterocycles. The SMILES string of the molecule is Nc1nc2c(ncn2C2O[C@H](CO)C[C@H]2P(O)(=S)OCC2O[C@@H](n3ccc4c(N)ncnc43)C[C@@H]2O)c(=O)[nH]1. The number of imidazole rings is 1. The number of aliphatic hydroxyl groups excluding tert-OH is 2. The van der Waals surface area contributed by atoms with Crippen LogP contribution in [0, 0.1) is 0 Å². The molecule has 2 aliphatic rings. The number of anilines is 2. The van der Waals surface area contributed by atoms with Gasteiger partial charge in [-0.15, -0.1) is 0 Å². The van der Waals surface area contributed by atoms with E-state index >= 15 is 0 Å². The predicted molar refractivity (Wildman–Crippen MR) is 141 cm³/mol. The van der Waals surface area contributed by atoms with Crippen LogP contribution in [-0.4, -0.2) is 86.3 Å². The summed E-state index contributed by atoms with van der Waals surface area (Å²) < 4.78 is 21.0. The maximum atomic E-state index is 12.2. The summed E-state index contributed by atoms with van der Waals surface area (Å²) in [6.07, 6.45) is 1.05. The molecule has 0 aliphatic carbocycles. The van der Waals surface area contributed by atoms with Crippen molar-refractivity contribution in [1.29, 1.82) is 0 Å². The van der Waals surface area contributed by atoms with Gasteiger partial charge in [-0.1, -0.05) is 0 Å². The Morgan fingerprint density at radius 2 is 2.03 bits per heavy atom. The van der Waals surface area contributed by atoms with Gasteiger partial charge in [0, 0.05) is 12.6 Å². The van der Waals surface area contributed by atoms with Crippen LogP contribution in [0.3, 0.4) is 0 Å². The van der Waals surface area contributed by atoms with E-state index in [0.717, 1.165) is 0 Å². The lowest BCUT2D eigenvalue weighted by Crippen LogP contribution is -2.28. The molecule has 16 nitrogen and oxygen atoms in total. The van der Waals surface area contributed by atoms with Crippen molar-refractivity contribution in [2.75, 3.05) is 24.7 Å². The Labute approximate surface area is 224 Å². The first-order valence-electron chi connectivity index (χ1n) is 12.0. The molecular weight excluding hydrogens is 553 g/mol. The van der Waals surface area contributed by atoms with Crippen LogP contribution in [0.1, 0.15) is 25.3 Å². The molecule has 2 saturated heterocycles. The van der Waals surface area contributed by atoms with Crippen LogP contribution < -0.4 is 17.0 Å². The molecular formula is C21H26N9O7PS. The highest BCUT2D eigenvalue weighted by Crippen LogP contribution is 2.57. The van der Waals surface area contributed by atoms with E-state index in [1.807, 2.05) is 0 Å². The van der Waals surface area contributed by atoms with Gasteiger partial charge in [-0.25, -0.2) is 15.0 Å². The molecule has 0 bridgehead atoms. The lowest BCUT2D eigenvalue weighted by Gasteiger charge is -2.28. The van der Waals surface area contributed by atoms with Crippen LogP contribution in [0.2, 0.25) is 0 Å². The summed E-state index contributed by atoms with van der Waals surface area (Å²) in [5.74, 6) is 0.217. The fourth-order valence-corrected chi connectivity index (χ4v) is 7.40. The Morgan fingerprint density at radius 1 is 1.21 bits per heavy atom. The van der Waals surface area contributed by atoms with Gasteiger partial charge in [-0.2, -0.15) is 4.98 Å². The zero-order valence-corrected chi connectivity index (χ0v) is 22.0. The number of nitrogens with one attached hydrogen (secondary N) is 1. The monoisotopic (exact) mass is 579 g/mol. The average Bonchev–Trinajstić information content (AvgIpc) is 3.67. The number of nitrogens with two attached hydrogens (primary N) is 2. The summed E-state index contributed by atoms with van der Waals surface area (Å²) in [7, 11) is 0. The summed E-state index contributed by atoms with van der Waals surface area (Å²) >= 11 is 5.55. The number of ether oxygens (including phenoxy) is 2. The summed E-state index contributed by atoms with van der Waals surface area (Å²) in [5, 5.41) is 21.1. The quantitative estimate of drug-likeness (QED) is 0.149. The molecule has 2 fully saturated rings. The molecule has 6 rings (SSSR count). The Bertz CT molecular complexity index is 1640. The highest BCUT2D eigenvalue weighted by molar-refractivity contribution is 8.09. The van der Waals surface area contributed by atoms with Gasteiger partial charge in [0.2, 0.25) is 5.95 Å². The standard InChI is InChI=1S/C21H26N9O7PS/c22-16-10-1-2-29(17(10)25-7-24-16)14-4-11(32)12(37-14)6-35-38(34,39)13-3-9(5-31)36-20(13)30-8-26-15-18(30)27-21(23)28-19(15)33/h1-2,7-9,11-14,20,31-32H,3-6H2,(H,34,39)(H2,22,24,25)(H3,23,27,28,33)/t9-,11-,12?,13+,14+,20?,38?/m0/s1. The summed E-state index contributed by atoms with van der Waals surface area (Å²) in [4.78, 5) is 42.5. The molecule has 2 aliphatic heterocycles. The molecule has 0 saturated carbocycles. The average molecular weight is 580 g/mol. The molecule has 208 valence electrons. The number of rotatable bonds is 7. The van der Waals surface area contributed by atoms with Crippen molar-refractivity contribution < 1.29 is 29.1 Å². The molecule has 0 radical (unpaired) electrons. The second-order valence-electron chi connectivity index (χ2n) is 9.42. The van der Waals surface area contributed by atoms with Crippen molar-refractivity contribution in [3.8, 4) is 0 Å². The first-order valence-corrected chi connectivity index (χ1v) is 14.8. The first-order chi connectivity index (χ1) is 18.7. The van der Waals surface area contributed by atoms with Crippen LogP contribution >= 0.6 is 6.49 Å². The minimum absolute atomic E-state index is 0.0317. The van der Waals surface area contributed by atoms with Gasteiger partial charge in [0.15, 0.2) is 17.7 Å². The second-order valence-corrected chi connectivity index (χ2v) is 13.0. The van der Waals surface area contributed by atoms with Crippen molar-refractivity contribution in [2.45, 2.75) is 49.3 Å². The number of hydrogen-bond acceptors (Lipinski definition) is 13. The molecule has 4 aromatic rings. The number of hydrogen-bond donors (Lipinski definition) is 6. The molecule has 39 heavy (non-hydrogen) atoms. The zero-order valence-electron chi connectivity index (χ0n) is 20.3. The van der Waals surface area contributed by atoms with Crippen molar-refractivity contribution in [1.82, 2.24) is 34.1 Å². The van der Waals surface area contributed by atoms with Gasteiger partial charge >= 0.3 is 0 Å². The predicted octanol–water partition coefficient (Wildman–Crippen LogP) is -0.656. The van der Waals surface area contributed by atoms with Gasteiger partial charge in [0.1, 0.15) is 36.4 Å². The Kier molecular flexibility index (Phi) is 6.63. The third-order valence-electron chi connectivity index (χ3n) is 6.99. The topological polar surface area (TPSA) is 235 Å². The molecule has 0 spiro atoms. The number of aliphatic hydroxyl groups is 2. The number of aromatic nitrogens is 7. The van der Waals surface area contributed by atoms with Crippen LogP contribution in [0.15, 0.2) is 29.7 Å². The lowest BCUT2D eigenvalue weighted by molar-refractivity contribution is -0.0393. The Hall–Kier alpha value is -3.02. The van der Waals surface area contributed by atoms with E-state index in [0.29, 0.717) is 16.9 Å².